The molecule has 4 N–H and O–H groups in total. The molecular formula is C13H21N3O2. The third-order valence-corrected chi connectivity index (χ3v) is 2.62. The minimum Gasteiger partial charge on any atom is -0.492 e. The highest BCUT2D eigenvalue weighted by molar-refractivity contribution is 5.75. The molecule has 5 heteroatoms. The first-order chi connectivity index (χ1) is 8.49. The molecule has 0 bridgehead atoms. The van der Waals surface area contributed by atoms with Gasteiger partial charge in [0, 0.05) is 18.3 Å². The average Bonchev–Trinajstić information content (AvgIpc) is 2.29. The largest absolute Gasteiger partial charge is 0.492 e. The molecule has 1 aromatic carbocycles. The van der Waals surface area contributed by atoms with Crippen molar-refractivity contribution >= 4 is 11.6 Å². The van der Waals surface area contributed by atoms with Gasteiger partial charge in [-0.05, 0) is 38.1 Å². The molecule has 0 aliphatic carbocycles. The van der Waals surface area contributed by atoms with Crippen molar-refractivity contribution in [2.45, 2.75) is 19.9 Å². The number of carbonyl (C=O) groups is 1. The van der Waals surface area contributed by atoms with Crippen molar-refractivity contribution in [1.82, 2.24) is 4.90 Å². The summed E-state index contributed by atoms with van der Waals surface area (Å²) in [6.45, 7) is 5.46. The topological polar surface area (TPSA) is 81.6 Å². The molecule has 1 amide bonds. The van der Waals surface area contributed by atoms with E-state index in [4.69, 9.17) is 16.2 Å². The lowest BCUT2D eigenvalue weighted by molar-refractivity contribution is -0.119. The van der Waals surface area contributed by atoms with Crippen LogP contribution in [0.25, 0.3) is 0 Å². The summed E-state index contributed by atoms with van der Waals surface area (Å²) in [4.78, 5) is 12.9. The molecule has 0 atom stereocenters. The van der Waals surface area contributed by atoms with E-state index in [1.807, 2.05) is 30.9 Å². The SMILES string of the molecule is CC(C)N(CCOc1ccc(N)cc1)CC(N)=O. The Morgan fingerprint density at radius 2 is 1.94 bits per heavy atom. The Labute approximate surface area is 108 Å². The third kappa shape index (κ3) is 5.05. The predicted octanol–water partition coefficient (Wildman–Crippen LogP) is 0.843. The zero-order chi connectivity index (χ0) is 13.5. The van der Waals surface area contributed by atoms with Gasteiger partial charge in [-0.15, -0.1) is 0 Å². The predicted molar refractivity (Wildman–Crippen MR) is 72.3 cm³/mol. The molecule has 1 rings (SSSR count). The molecule has 18 heavy (non-hydrogen) atoms. The number of ether oxygens (including phenoxy) is 1. The number of rotatable bonds is 7. The van der Waals surface area contributed by atoms with Crippen LogP contribution in [0.3, 0.4) is 0 Å². The lowest BCUT2D eigenvalue weighted by Gasteiger charge is -2.24. The summed E-state index contributed by atoms with van der Waals surface area (Å²) in [6, 6.07) is 7.48. The number of nitrogens with zero attached hydrogens (tertiary/aromatic N) is 1. The summed E-state index contributed by atoms with van der Waals surface area (Å²) in [5, 5.41) is 0. The van der Waals surface area contributed by atoms with Crippen LogP contribution in [-0.2, 0) is 4.79 Å². The first-order valence-corrected chi connectivity index (χ1v) is 5.99. The van der Waals surface area contributed by atoms with Crippen LogP contribution in [0.5, 0.6) is 5.75 Å². The van der Waals surface area contributed by atoms with Gasteiger partial charge in [-0.2, -0.15) is 0 Å². The molecule has 0 unspecified atom stereocenters. The van der Waals surface area contributed by atoms with E-state index in [1.54, 1.807) is 12.1 Å². The monoisotopic (exact) mass is 251 g/mol. The maximum absolute atomic E-state index is 10.9. The van der Waals surface area contributed by atoms with Crippen LogP contribution in [0.2, 0.25) is 0 Å². The van der Waals surface area contributed by atoms with Gasteiger partial charge in [0.25, 0.3) is 0 Å². The molecular weight excluding hydrogens is 230 g/mol. The molecule has 1 aromatic rings. The normalized spacial score (nSPS) is 10.9. The van der Waals surface area contributed by atoms with Crippen molar-refractivity contribution in [2.75, 3.05) is 25.4 Å². The molecule has 0 aromatic heterocycles. The number of amides is 1. The van der Waals surface area contributed by atoms with E-state index in [0.717, 1.165) is 5.75 Å². The molecule has 0 fully saturated rings. The van der Waals surface area contributed by atoms with Gasteiger partial charge in [0.1, 0.15) is 12.4 Å². The number of primary amides is 1. The Morgan fingerprint density at radius 3 is 2.44 bits per heavy atom. The van der Waals surface area contributed by atoms with Gasteiger partial charge in [0.05, 0.1) is 6.54 Å². The molecule has 0 spiro atoms. The van der Waals surface area contributed by atoms with Crippen LogP contribution in [-0.4, -0.2) is 36.5 Å². The number of nitrogens with two attached hydrogens (primary N) is 2. The van der Waals surface area contributed by atoms with Crippen LogP contribution < -0.4 is 16.2 Å². The van der Waals surface area contributed by atoms with E-state index < -0.39 is 0 Å². The quantitative estimate of drug-likeness (QED) is 0.704. The van der Waals surface area contributed by atoms with Crippen molar-refractivity contribution in [3.05, 3.63) is 24.3 Å². The maximum Gasteiger partial charge on any atom is 0.231 e. The lowest BCUT2D eigenvalue weighted by atomic mass is 10.3. The van der Waals surface area contributed by atoms with Gasteiger partial charge in [-0.1, -0.05) is 0 Å². The highest BCUT2D eigenvalue weighted by Gasteiger charge is 2.11. The second kappa shape index (κ2) is 6.86. The zero-order valence-corrected chi connectivity index (χ0v) is 10.9. The molecule has 100 valence electrons. The average molecular weight is 251 g/mol. The number of nitrogen functional groups attached to an aromatic ring is 1. The summed E-state index contributed by atoms with van der Waals surface area (Å²) in [6.07, 6.45) is 0. The van der Waals surface area contributed by atoms with E-state index in [9.17, 15) is 4.79 Å². The second-order valence-electron chi connectivity index (χ2n) is 4.45. The van der Waals surface area contributed by atoms with Crippen LogP contribution in [0.15, 0.2) is 24.3 Å². The fraction of sp³-hybridized carbons (Fsp3) is 0.462. The summed E-state index contributed by atoms with van der Waals surface area (Å²) in [5.41, 5.74) is 11.5. The van der Waals surface area contributed by atoms with Crippen molar-refractivity contribution in [3.63, 3.8) is 0 Å². The van der Waals surface area contributed by atoms with Gasteiger partial charge >= 0.3 is 0 Å². The fourth-order valence-electron chi connectivity index (χ4n) is 1.56. The fourth-order valence-corrected chi connectivity index (χ4v) is 1.56. The minimum atomic E-state index is -0.323. The van der Waals surface area contributed by atoms with Crippen LogP contribution in [0.4, 0.5) is 5.69 Å². The lowest BCUT2D eigenvalue weighted by Crippen LogP contribution is -2.40. The van der Waals surface area contributed by atoms with E-state index in [-0.39, 0.29) is 18.5 Å². The molecule has 0 aliphatic heterocycles. The number of benzene rings is 1. The summed E-state index contributed by atoms with van der Waals surface area (Å²) < 4.78 is 5.57. The number of hydrogen-bond acceptors (Lipinski definition) is 4. The Hall–Kier alpha value is -1.75. The van der Waals surface area contributed by atoms with Crippen molar-refractivity contribution < 1.29 is 9.53 Å². The highest BCUT2D eigenvalue weighted by atomic mass is 16.5. The first-order valence-electron chi connectivity index (χ1n) is 5.99. The highest BCUT2D eigenvalue weighted by Crippen LogP contribution is 2.13. The Balaban J connectivity index is 2.38. The second-order valence-corrected chi connectivity index (χ2v) is 4.45. The van der Waals surface area contributed by atoms with E-state index >= 15 is 0 Å². The van der Waals surface area contributed by atoms with Crippen LogP contribution in [0, 0.1) is 0 Å². The summed E-state index contributed by atoms with van der Waals surface area (Å²) in [7, 11) is 0. The summed E-state index contributed by atoms with van der Waals surface area (Å²) in [5.74, 6) is 0.447. The van der Waals surface area contributed by atoms with Gasteiger partial charge in [0.15, 0.2) is 0 Å². The first kappa shape index (κ1) is 14.3. The molecule has 0 heterocycles. The third-order valence-electron chi connectivity index (χ3n) is 2.62. The van der Waals surface area contributed by atoms with Gasteiger partial charge in [-0.3, -0.25) is 9.69 Å². The van der Waals surface area contributed by atoms with Crippen LogP contribution in [0.1, 0.15) is 13.8 Å². The summed E-state index contributed by atoms with van der Waals surface area (Å²) >= 11 is 0. The standard InChI is InChI=1S/C13H21N3O2/c1-10(2)16(9-13(15)17)7-8-18-12-5-3-11(14)4-6-12/h3-6,10H,7-9,14H2,1-2H3,(H2,15,17). The molecule has 0 radical (unpaired) electrons. The van der Waals surface area contributed by atoms with Crippen molar-refractivity contribution in [2.24, 2.45) is 5.73 Å². The Morgan fingerprint density at radius 1 is 1.33 bits per heavy atom. The van der Waals surface area contributed by atoms with Gasteiger partial charge in [-0.25, -0.2) is 0 Å². The molecule has 5 nitrogen and oxygen atoms in total. The molecule has 0 saturated heterocycles. The van der Waals surface area contributed by atoms with Gasteiger partial charge in [0.2, 0.25) is 5.91 Å². The Bertz CT molecular complexity index is 376. The van der Waals surface area contributed by atoms with E-state index in [0.29, 0.717) is 18.8 Å². The minimum absolute atomic E-state index is 0.253. The van der Waals surface area contributed by atoms with Gasteiger partial charge < -0.3 is 16.2 Å². The smallest absolute Gasteiger partial charge is 0.231 e. The molecule has 0 saturated carbocycles. The number of carbonyl (C=O) groups excluding carboxylic acids is 1. The molecule has 0 aliphatic rings. The zero-order valence-electron chi connectivity index (χ0n) is 10.9. The maximum atomic E-state index is 10.9. The van der Waals surface area contributed by atoms with Crippen LogP contribution >= 0.6 is 0 Å². The van der Waals surface area contributed by atoms with E-state index in [2.05, 4.69) is 0 Å². The number of hydrogen-bond donors (Lipinski definition) is 2. The van der Waals surface area contributed by atoms with E-state index in [1.165, 1.54) is 0 Å². The van der Waals surface area contributed by atoms with Crippen molar-refractivity contribution in [3.8, 4) is 5.75 Å². The number of anilines is 1. The van der Waals surface area contributed by atoms with Crippen molar-refractivity contribution in [1.29, 1.82) is 0 Å². The Kier molecular flexibility index (Phi) is 5.45.